The fourth-order valence-electron chi connectivity index (χ4n) is 2.80. The number of likely N-dealkylation sites (N-methyl/N-ethyl adjacent to an activating group) is 1. The normalized spacial score (nSPS) is 11.1. The molecule has 0 bridgehead atoms. The fourth-order valence-corrected chi connectivity index (χ4v) is 3.71. The zero-order chi connectivity index (χ0) is 20.2. The molecule has 0 spiro atoms. The van der Waals surface area contributed by atoms with Gasteiger partial charge in [-0.25, -0.2) is 8.42 Å². The molecule has 0 aromatic heterocycles. The molecule has 0 aliphatic rings. The highest BCUT2D eigenvalue weighted by Gasteiger charge is 2.24. The zero-order valence-corrected chi connectivity index (χ0v) is 17.2. The summed E-state index contributed by atoms with van der Waals surface area (Å²) < 4.78 is 30.9. The number of nitrogens with zero attached hydrogens (tertiary/aromatic N) is 2. The van der Waals surface area contributed by atoms with E-state index in [1.54, 1.807) is 20.2 Å². The number of amides is 1. The molecule has 0 fully saturated rings. The van der Waals surface area contributed by atoms with Gasteiger partial charge in [0.15, 0.2) is 0 Å². The van der Waals surface area contributed by atoms with Gasteiger partial charge in [-0.05, 0) is 43.2 Å². The molecule has 0 unspecified atom stereocenters. The number of hydrogen-bond acceptors (Lipinski definition) is 4. The van der Waals surface area contributed by atoms with E-state index < -0.39 is 10.0 Å². The Balaban J connectivity index is 2.17. The van der Waals surface area contributed by atoms with Crippen LogP contribution in [0.15, 0.2) is 42.5 Å². The third kappa shape index (κ3) is 5.47. The summed E-state index contributed by atoms with van der Waals surface area (Å²) >= 11 is 0. The maximum Gasteiger partial charge on any atom is 0.243 e. The molecule has 7 heteroatoms. The number of benzene rings is 2. The molecule has 27 heavy (non-hydrogen) atoms. The molecule has 2 aromatic rings. The molecule has 0 saturated carbocycles. The average Bonchev–Trinajstić information content (AvgIpc) is 2.59. The van der Waals surface area contributed by atoms with E-state index in [1.807, 2.05) is 50.2 Å². The van der Waals surface area contributed by atoms with E-state index in [9.17, 15) is 13.2 Å². The first kappa shape index (κ1) is 20.8. The number of carbonyl (C=O) groups excluding carboxylic acids is 1. The van der Waals surface area contributed by atoms with Crippen molar-refractivity contribution in [2.45, 2.75) is 20.4 Å². The second-order valence-electron chi connectivity index (χ2n) is 6.66. The Morgan fingerprint density at radius 1 is 1.07 bits per heavy atom. The minimum Gasteiger partial charge on any atom is -0.497 e. The lowest BCUT2D eigenvalue weighted by Crippen LogP contribution is -2.41. The molecule has 0 N–H and O–H groups in total. The van der Waals surface area contributed by atoms with Crippen molar-refractivity contribution in [1.29, 1.82) is 0 Å². The number of hydrogen-bond donors (Lipinski definition) is 0. The van der Waals surface area contributed by atoms with E-state index in [-0.39, 0.29) is 12.5 Å². The highest BCUT2D eigenvalue weighted by Crippen LogP contribution is 2.23. The Bertz CT molecular complexity index is 908. The summed E-state index contributed by atoms with van der Waals surface area (Å²) in [5.41, 5.74) is 3.30. The average molecular weight is 391 g/mol. The van der Waals surface area contributed by atoms with E-state index in [4.69, 9.17) is 4.74 Å². The van der Waals surface area contributed by atoms with Crippen LogP contribution < -0.4 is 9.04 Å². The van der Waals surface area contributed by atoms with Gasteiger partial charge in [-0.2, -0.15) is 0 Å². The van der Waals surface area contributed by atoms with E-state index >= 15 is 0 Å². The molecule has 1 amide bonds. The first-order valence-electron chi connectivity index (χ1n) is 8.53. The number of sulfonamides is 1. The van der Waals surface area contributed by atoms with Crippen LogP contribution in [0, 0.1) is 13.8 Å². The highest BCUT2D eigenvalue weighted by atomic mass is 32.2. The Labute approximate surface area is 161 Å². The monoisotopic (exact) mass is 390 g/mol. The lowest BCUT2D eigenvalue weighted by atomic mass is 10.1. The van der Waals surface area contributed by atoms with Gasteiger partial charge in [-0.3, -0.25) is 9.10 Å². The third-order valence-corrected chi connectivity index (χ3v) is 5.43. The van der Waals surface area contributed by atoms with Gasteiger partial charge in [0.2, 0.25) is 15.9 Å². The predicted octanol–water partition coefficient (Wildman–Crippen LogP) is 2.74. The molecule has 2 rings (SSSR count). The summed E-state index contributed by atoms with van der Waals surface area (Å²) in [5.74, 6) is 0.460. The Kier molecular flexibility index (Phi) is 6.49. The highest BCUT2D eigenvalue weighted by molar-refractivity contribution is 7.92. The van der Waals surface area contributed by atoms with Crippen LogP contribution in [0.2, 0.25) is 0 Å². The number of aryl methyl sites for hydroxylation is 2. The molecule has 0 radical (unpaired) electrons. The van der Waals surface area contributed by atoms with Crippen LogP contribution in [0.5, 0.6) is 5.75 Å². The first-order chi connectivity index (χ1) is 12.6. The molecule has 146 valence electrons. The summed E-state index contributed by atoms with van der Waals surface area (Å²) in [5, 5.41) is 0. The van der Waals surface area contributed by atoms with Crippen molar-refractivity contribution < 1.29 is 17.9 Å². The number of carbonyl (C=O) groups is 1. The van der Waals surface area contributed by atoms with Gasteiger partial charge in [0, 0.05) is 13.6 Å². The second-order valence-corrected chi connectivity index (χ2v) is 8.56. The van der Waals surface area contributed by atoms with Crippen LogP contribution in [0.25, 0.3) is 0 Å². The number of anilines is 1. The minimum atomic E-state index is -3.59. The SMILES string of the molecule is COc1ccc(CN(C)C(=O)CN(c2ccc(C)cc2C)S(C)(=O)=O)cc1. The van der Waals surface area contributed by atoms with Gasteiger partial charge in [-0.15, -0.1) is 0 Å². The maximum absolute atomic E-state index is 12.7. The topological polar surface area (TPSA) is 66.9 Å². The lowest BCUT2D eigenvalue weighted by Gasteiger charge is -2.26. The van der Waals surface area contributed by atoms with Crippen molar-refractivity contribution >= 4 is 21.6 Å². The van der Waals surface area contributed by atoms with Crippen molar-refractivity contribution in [2.75, 3.05) is 31.3 Å². The van der Waals surface area contributed by atoms with Gasteiger partial charge in [0.25, 0.3) is 0 Å². The fraction of sp³-hybridized carbons (Fsp3) is 0.350. The first-order valence-corrected chi connectivity index (χ1v) is 10.4. The van der Waals surface area contributed by atoms with E-state index in [0.29, 0.717) is 12.2 Å². The lowest BCUT2D eigenvalue weighted by molar-refractivity contribution is -0.128. The predicted molar refractivity (Wildman–Crippen MR) is 108 cm³/mol. The van der Waals surface area contributed by atoms with Crippen LogP contribution >= 0.6 is 0 Å². The summed E-state index contributed by atoms with van der Waals surface area (Å²) in [6.45, 7) is 3.92. The van der Waals surface area contributed by atoms with Crippen LogP contribution in [0.3, 0.4) is 0 Å². The largest absolute Gasteiger partial charge is 0.497 e. The molecule has 0 atom stereocenters. The van der Waals surface area contributed by atoms with Gasteiger partial charge < -0.3 is 9.64 Å². The van der Waals surface area contributed by atoms with E-state index in [2.05, 4.69) is 0 Å². The van der Waals surface area contributed by atoms with E-state index in [0.717, 1.165) is 33.0 Å². The summed E-state index contributed by atoms with van der Waals surface area (Å²) in [6, 6.07) is 12.9. The van der Waals surface area contributed by atoms with Crippen LogP contribution in [0.4, 0.5) is 5.69 Å². The minimum absolute atomic E-state index is 0.241. The van der Waals surface area contributed by atoms with Crippen molar-refractivity contribution in [2.24, 2.45) is 0 Å². The molecular formula is C20H26N2O4S. The zero-order valence-electron chi connectivity index (χ0n) is 16.4. The number of rotatable bonds is 7. The van der Waals surface area contributed by atoms with Gasteiger partial charge in [-0.1, -0.05) is 29.8 Å². The summed E-state index contributed by atoms with van der Waals surface area (Å²) in [4.78, 5) is 14.2. The van der Waals surface area contributed by atoms with Crippen LogP contribution in [0.1, 0.15) is 16.7 Å². The van der Waals surface area contributed by atoms with Crippen LogP contribution in [-0.4, -0.2) is 46.2 Å². The molecule has 0 aliphatic carbocycles. The molecular weight excluding hydrogens is 364 g/mol. The standard InChI is InChI=1S/C20H26N2O4S/c1-15-6-11-19(16(2)12-15)22(27(5,24)25)14-20(23)21(3)13-17-7-9-18(26-4)10-8-17/h6-12H,13-14H2,1-5H3. The Hall–Kier alpha value is -2.54. The summed E-state index contributed by atoms with van der Waals surface area (Å²) in [6.07, 6.45) is 1.11. The number of methoxy groups -OCH3 is 1. The van der Waals surface area contributed by atoms with E-state index in [1.165, 1.54) is 4.90 Å². The van der Waals surface area contributed by atoms with Gasteiger partial charge >= 0.3 is 0 Å². The van der Waals surface area contributed by atoms with Crippen molar-refractivity contribution in [3.05, 3.63) is 59.2 Å². The van der Waals surface area contributed by atoms with Crippen molar-refractivity contribution in [3.63, 3.8) is 0 Å². The molecule has 0 aliphatic heterocycles. The molecule has 2 aromatic carbocycles. The van der Waals surface area contributed by atoms with Crippen LogP contribution in [-0.2, 0) is 21.4 Å². The Morgan fingerprint density at radius 2 is 1.70 bits per heavy atom. The van der Waals surface area contributed by atoms with Gasteiger partial charge in [0.1, 0.15) is 12.3 Å². The maximum atomic E-state index is 12.7. The van der Waals surface area contributed by atoms with Gasteiger partial charge in [0.05, 0.1) is 19.1 Å². The number of ether oxygens (including phenoxy) is 1. The third-order valence-electron chi connectivity index (χ3n) is 4.30. The summed E-state index contributed by atoms with van der Waals surface area (Å²) in [7, 11) is -0.338. The smallest absolute Gasteiger partial charge is 0.243 e. The second kappa shape index (κ2) is 8.43. The molecule has 0 saturated heterocycles. The Morgan fingerprint density at radius 3 is 2.22 bits per heavy atom. The van der Waals surface area contributed by atoms with Crippen molar-refractivity contribution in [1.82, 2.24) is 4.90 Å². The molecule has 6 nitrogen and oxygen atoms in total. The molecule has 0 heterocycles. The van der Waals surface area contributed by atoms with Crippen molar-refractivity contribution in [3.8, 4) is 5.75 Å². The quantitative estimate of drug-likeness (QED) is 0.729.